The number of halogens is 2. The molecule has 0 radical (unpaired) electrons. The van der Waals surface area contributed by atoms with Crippen molar-refractivity contribution in [3.63, 3.8) is 0 Å². The Balaban J connectivity index is 1.48. The zero-order valence-corrected chi connectivity index (χ0v) is 22.7. The molecule has 5 atom stereocenters. The molecule has 7 nitrogen and oxygen atoms in total. The maximum absolute atomic E-state index is 13.5. The number of nitrogens with two attached hydrogens (primary N) is 2. The molecule has 190 valence electrons. The Bertz CT molecular complexity index is 1050. The van der Waals surface area contributed by atoms with E-state index in [4.69, 9.17) is 38.3 Å². The summed E-state index contributed by atoms with van der Waals surface area (Å²) in [4.78, 5) is 18.4. The Kier molecular flexibility index (Phi) is 9.37. The van der Waals surface area contributed by atoms with Gasteiger partial charge in [-0.15, -0.1) is 11.3 Å². The highest BCUT2D eigenvalue weighted by Gasteiger charge is 2.36. The summed E-state index contributed by atoms with van der Waals surface area (Å²) in [5, 5.41) is 13.1. The second-order valence-corrected chi connectivity index (χ2v) is 11.6. The molecule has 1 aromatic rings. The van der Waals surface area contributed by atoms with Crippen molar-refractivity contribution in [2.24, 2.45) is 33.6 Å². The molecule has 1 saturated heterocycles. The number of rotatable bonds is 8. The molecule has 0 bridgehead atoms. The van der Waals surface area contributed by atoms with Crippen LogP contribution in [0, 0.1) is 17.8 Å². The Hall–Kier alpha value is -1.33. The van der Waals surface area contributed by atoms with Gasteiger partial charge in [0.15, 0.2) is 0 Å². The van der Waals surface area contributed by atoms with Crippen molar-refractivity contribution >= 4 is 58.4 Å². The van der Waals surface area contributed by atoms with E-state index in [1.807, 2.05) is 12.1 Å². The number of aliphatic imine (C=N–C) groups is 1. The van der Waals surface area contributed by atoms with Gasteiger partial charge in [0.05, 0.1) is 33.6 Å². The van der Waals surface area contributed by atoms with Crippen LogP contribution in [0.5, 0.6) is 0 Å². The lowest BCUT2D eigenvalue weighted by atomic mass is 9.76. The molecule has 4 rings (SSSR count). The summed E-state index contributed by atoms with van der Waals surface area (Å²) in [6, 6.07) is 2.07. The summed E-state index contributed by atoms with van der Waals surface area (Å²) < 4.78 is 5.88. The van der Waals surface area contributed by atoms with Crippen molar-refractivity contribution in [3.05, 3.63) is 55.9 Å². The van der Waals surface area contributed by atoms with E-state index in [0.717, 1.165) is 55.1 Å². The van der Waals surface area contributed by atoms with E-state index in [9.17, 15) is 4.79 Å². The second-order valence-electron chi connectivity index (χ2n) is 9.09. The number of carbonyl (C=O) groups excluding carboxylic acids is 1. The SMILES string of the molecule is CN=C(NC1CCC(COSN)C1)/C(=C\N)C(=O)c1cc(C2NCCC3C=CC(Cl)=CC32)c(Cl)s1. The molecule has 0 spiro atoms. The Labute approximate surface area is 224 Å². The average molecular weight is 557 g/mol. The Morgan fingerprint density at radius 1 is 1.40 bits per heavy atom. The molecular formula is C24H31Cl2N5O2S2. The highest BCUT2D eigenvalue weighted by molar-refractivity contribution is 7.92. The molecule has 0 aromatic carbocycles. The van der Waals surface area contributed by atoms with Crippen molar-refractivity contribution in [3.8, 4) is 0 Å². The maximum atomic E-state index is 13.5. The minimum Gasteiger partial charge on any atom is -0.404 e. The highest BCUT2D eigenvalue weighted by atomic mass is 35.5. The lowest BCUT2D eigenvalue weighted by Gasteiger charge is -2.37. The molecule has 5 unspecified atom stereocenters. The summed E-state index contributed by atoms with van der Waals surface area (Å²) in [6.45, 7) is 1.49. The number of amidine groups is 1. The Morgan fingerprint density at radius 3 is 2.97 bits per heavy atom. The van der Waals surface area contributed by atoms with Crippen molar-refractivity contribution in [1.29, 1.82) is 0 Å². The van der Waals surface area contributed by atoms with E-state index in [-0.39, 0.29) is 23.8 Å². The van der Waals surface area contributed by atoms with Crippen LogP contribution >= 0.6 is 46.8 Å². The van der Waals surface area contributed by atoms with Crippen LogP contribution in [-0.2, 0) is 4.18 Å². The Morgan fingerprint density at radius 2 is 2.23 bits per heavy atom. The molecule has 3 aliphatic rings. The first-order valence-electron chi connectivity index (χ1n) is 11.7. The van der Waals surface area contributed by atoms with Crippen LogP contribution < -0.4 is 21.5 Å². The topological polar surface area (TPSA) is 115 Å². The van der Waals surface area contributed by atoms with Crippen LogP contribution in [0.1, 0.15) is 47.0 Å². The number of carbonyl (C=O) groups is 1. The molecule has 6 N–H and O–H groups in total. The van der Waals surface area contributed by atoms with Crippen molar-refractivity contribution < 1.29 is 8.98 Å². The van der Waals surface area contributed by atoms with E-state index in [0.29, 0.717) is 39.1 Å². The molecule has 2 aliphatic carbocycles. The summed E-state index contributed by atoms with van der Waals surface area (Å²) in [7, 11) is 1.66. The fourth-order valence-corrected chi connectivity index (χ4v) is 7.04. The first-order chi connectivity index (χ1) is 16.9. The van der Waals surface area contributed by atoms with Gasteiger partial charge in [0.2, 0.25) is 5.78 Å². The molecule has 1 saturated carbocycles. The minimum atomic E-state index is -0.194. The molecule has 2 fully saturated rings. The summed E-state index contributed by atoms with van der Waals surface area (Å²) in [5.41, 5.74) is 7.19. The van der Waals surface area contributed by atoms with Crippen LogP contribution in [0.4, 0.5) is 0 Å². The number of nitrogens with one attached hydrogen (secondary N) is 2. The predicted octanol–water partition coefficient (Wildman–Crippen LogP) is 4.71. The third-order valence-corrected chi connectivity index (χ3v) is 8.90. The van der Waals surface area contributed by atoms with Gasteiger partial charge in [-0.3, -0.25) is 14.9 Å². The zero-order valence-electron chi connectivity index (χ0n) is 19.5. The normalized spacial score (nSPS) is 29.1. The number of ketones is 1. The van der Waals surface area contributed by atoms with Crippen LogP contribution in [0.2, 0.25) is 4.34 Å². The summed E-state index contributed by atoms with van der Waals surface area (Å²) in [5.74, 6) is 1.30. The van der Waals surface area contributed by atoms with Gasteiger partial charge in [-0.1, -0.05) is 35.4 Å². The summed E-state index contributed by atoms with van der Waals surface area (Å²) in [6.07, 6.45) is 11.5. The number of nitrogens with zero attached hydrogens (tertiary/aromatic N) is 1. The quantitative estimate of drug-likeness (QED) is 0.0916. The number of piperidine rings is 1. The number of allylic oxidation sites excluding steroid dienone is 3. The standard InChI is InChI=1S/C24H31Cl2N5O2S2/c1-29-24(31-16-5-2-13(8-16)12-33-35-28)19(11-27)22(32)20-10-18(23(26)34-20)21-17-9-15(25)4-3-14(17)6-7-30-21/h3-4,9-11,13-14,16-17,21,30H,2,5-8,12,27-28H2,1H3,(H,29,31)/b19-11-. The molecular weight excluding hydrogens is 525 g/mol. The first-order valence-corrected chi connectivity index (χ1v) is 14.1. The fraction of sp³-hybridized carbons (Fsp3) is 0.500. The molecule has 1 aromatic heterocycles. The van der Waals surface area contributed by atoms with E-state index >= 15 is 0 Å². The lowest BCUT2D eigenvalue weighted by Crippen LogP contribution is -2.39. The minimum absolute atomic E-state index is 0.00943. The second kappa shape index (κ2) is 12.3. The molecule has 35 heavy (non-hydrogen) atoms. The molecule has 1 aliphatic heterocycles. The van der Waals surface area contributed by atoms with E-state index in [2.05, 4.69) is 27.8 Å². The zero-order chi connectivity index (χ0) is 24.9. The molecule has 11 heteroatoms. The van der Waals surface area contributed by atoms with Crippen molar-refractivity contribution in [2.75, 3.05) is 20.2 Å². The monoisotopic (exact) mass is 555 g/mol. The number of fused-ring (bicyclic) bond motifs is 1. The number of Topliss-reactive ketones (excluding diaryl/α,β-unsaturated/α-hetero) is 1. The third-order valence-electron chi connectivity index (χ3n) is 6.99. The number of thiophene rings is 1. The molecule has 0 amide bonds. The van der Waals surface area contributed by atoms with Gasteiger partial charge in [0.1, 0.15) is 5.84 Å². The smallest absolute Gasteiger partial charge is 0.208 e. The van der Waals surface area contributed by atoms with Gasteiger partial charge < -0.3 is 20.6 Å². The molecule has 2 heterocycles. The van der Waals surface area contributed by atoms with Gasteiger partial charge in [-0.05, 0) is 61.8 Å². The predicted molar refractivity (Wildman–Crippen MR) is 147 cm³/mol. The summed E-state index contributed by atoms with van der Waals surface area (Å²) >= 11 is 15.2. The van der Waals surface area contributed by atoms with Crippen LogP contribution in [0.15, 0.2) is 46.1 Å². The fourth-order valence-electron chi connectivity index (χ4n) is 5.25. The largest absolute Gasteiger partial charge is 0.404 e. The van der Waals surface area contributed by atoms with Gasteiger partial charge >= 0.3 is 0 Å². The average Bonchev–Trinajstić information content (AvgIpc) is 3.48. The van der Waals surface area contributed by atoms with Crippen LogP contribution in [0.25, 0.3) is 0 Å². The van der Waals surface area contributed by atoms with E-state index < -0.39 is 0 Å². The number of hydrogen-bond acceptors (Lipinski definition) is 8. The van der Waals surface area contributed by atoms with E-state index in [1.165, 1.54) is 17.5 Å². The van der Waals surface area contributed by atoms with Crippen LogP contribution in [0.3, 0.4) is 0 Å². The third kappa shape index (κ3) is 6.15. The van der Waals surface area contributed by atoms with Gasteiger partial charge in [-0.25, -0.2) is 0 Å². The maximum Gasteiger partial charge on any atom is 0.208 e. The van der Waals surface area contributed by atoms with Crippen molar-refractivity contribution in [1.82, 2.24) is 10.6 Å². The number of hydrogen-bond donors (Lipinski definition) is 4. The van der Waals surface area contributed by atoms with Gasteiger partial charge in [0.25, 0.3) is 0 Å². The van der Waals surface area contributed by atoms with Crippen LogP contribution in [-0.4, -0.2) is 37.9 Å². The first kappa shape index (κ1) is 26.7. The highest BCUT2D eigenvalue weighted by Crippen LogP contribution is 2.44. The van der Waals surface area contributed by atoms with Crippen molar-refractivity contribution in [2.45, 2.75) is 37.8 Å². The van der Waals surface area contributed by atoms with Gasteiger partial charge in [0, 0.05) is 36.3 Å². The lowest BCUT2D eigenvalue weighted by molar-refractivity contribution is 0.104. The van der Waals surface area contributed by atoms with Gasteiger partial charge in [-0.2, -0.15) is 0 Å². The van der Waals surface area contributed by atoms with E-state index in [1.54, 1.807) is 7.05 Å².